The van der Waals surface area contributed by atoms with Gasteiger partial charge in [0.2, 0.25) is 6.08 Å². The van der Waals surface area contributed by atoms with Crippen LogP contribution in [0.2, 0.25) is 32.7 Å². The predicted octanol–water partition coefficient (Wildman–Crippen LogP) is 1.96. The van der Waals surface area contributed by atoms with Crippen LogP contribution in [0.1, 0.15) is 6.42 Å². The molecule has 14 heavy (non-hydrogen) atoms. The first-order chi connectivity index (χ1) is 6.37. The van der Waals surface area contributed by atoms with E-state index < -0.39 is 17.1 Å². The average Bonchev–Trinajstić information content (AvgIpc) is 2.00. The molecule has 0 fully saturated rings. The molecule has 1 unspecified atom stereocenters. The number of isocyanates is 1. The van der Waals surface area contributed by atoms with E-state index >= 15 is 0 Å². The molecule has 0 N–H and O–H groups in total. The Morgan fingerprint density at radius 3 is 2.36 bits per heavy atom. The van der Waals surface area contributed by atoms with E-state index in [0.29, 0.717) is 12.3 Å². The van der Waals surface area contributed by atoms with Gasteiger partial charge in [-0.2, -0.15) is 0 Å². The molecule has 0 aliphatic heterocycles. The molecular formula is C9H21NO2Si2. The molecule has 1 atom stereocenters. The van der Waals surface area contributed by atoms with Gasteiger partial charge < -0.3 is 4.43 Å². The van der Waals surface area contributed by atoms with Gasteiger partial charge in [0.25, 0.3) is 0 Å². The van der Waals surface area contributed by atoms with Crippen LogP contribution in [0.3, 0.4) is 0 Å². The maximum Gasteiger partial charge on any atom is 0.234 e. The fourth-order valence-electron chi connectivity index (χ4n) is 1.22. The first-order valence-corrected chi connectivity index (χ1v) is 11.5. The van der Waals surface area contributed by atoms with Crippen LogP contribution in [0.25, 0.3) is 0 Å². The summed E-state index contributed by atoms with van der Waals surface area (Å²) in [6.07, 6.45) is 2.45. The Balaban J connectivity index is 4.09. The zero-order valence-electron chi connectivity index (χ0n) is 9.83. The van der Waals surface area contributed by atoms with E-state index in [4.69, 9.17) is 4.43 Å². The lowest BCUT2D eigenvalue weighted by molar-refractivity contribution is 0.259. The highest BCUT2D eigenvalue weighted by Gasteiger charge is 2.23. The number of nitrogens with zero attached hydrogens (tertiary/aromatic N) is 1. The summed E-state index contributed by atoms with van der Waals surface area (Å²) in [7, 11) is -2.25. The van der Waals surface area contributed by atoms with Gasteiger partial charge in [-0.15, -0.1) is 0 Å². The Kier molecular flexibility index (Phi) is 6.19. The van der Waals surface area contributed by atoms with Crippen LogP contribution in [0.15, 0.2) is 4.99 Å². The molecule has 0 saturated heterocycles. The maximum atomic E-state index is 9.93. The quantitative estimate of drug-likeness (QED) is 0.398. The molecule has 0 heterocycles. The van der Waals surface area contributed by atoms with Gasteiger partial charge in [0.05, 0.1) is 15.3 Å². The van der Waals surface area contributed by atoms with Crippen molar-refractivity contribution in [2.75, 3.05) is 6.54 Å². The summed E-state index contributed by atoms with van der Waals surface area (Å²) in [5.41, 5.74) is 0.360. The molecule has 0 aliphatic carbocycles. The lowest BCUT2D eigenvalue weighted by Gasteiger charge is -2.28. The largest absolute Gasteiger partial charge is 0.418 e. The van der Waals surface area contributed by atoms with E-state index in [2.05, 4.69) is 37.7 Å². The smallest absolute Gasteiger partial charge is 0.234 e. The van der Waals surface area contributed by atoms with Gasteiger partial charge in [0.15, 0.2) is 8.32 Å². The van der Waals surface area contributed by atoms with Gasteiger partial charge in [-0.05, 0) is 26.1 Å². The number of aliphatic imine (C=N–C) groups is 1. The topological polar surface area (TPSA) is 38.7 Å². The van der Waals surface area contributed by atoms with E-state index in [1.54, 1.807) is 6.08 Å². The summed E-state index contributed by atoms with van der Waals surface area (Å²) in [5.74, 6) is 0. The molecule has 0 bridgehead atoms. The molecule has 0 aliphatic rings. The van der Waals surface area contributed by atoms with Crippen molar-refractivity contribution in [2.24, 2.45) is 4.99 Å². The van der Waals surface area contributed by atoms with Crippen molar-refractivity contribution >= 4 is 23.2 Å². The molecule has 82 valence electrons. The highest BCUT2D eigenvalue weighted by Crippen LogP contribution is 2.12. The van der Waals surface area contributed by atoms with Crippen LogP contribution in [-0.4, -0.2) is 35.5 Å². The van der Waals surface area contributed by atoms with Crippen molar-refractivity contribution < 1.29 is 9.22 Å². The third-order valence-corrected chi connectivity index (χ3v) is 5.08. The van der Waals surface area contributed by atoms with Crippen LogP contribution in [0.4, 0.5) is 0 Å². The second-order valence-electron chi connectivity index (χ2n) is 4.77. The van der Waals surface area contributed by atoms with E-state index in [9.17, 15) is 4.79 Å². The summed E-state index contributed by atoms with van der Waals surface area (Å²) < 4.78 is 6.06. The SMILES string of the molecule is C[SiH](C)C(CCN=C=O)O[Si](C)(C)C. The van der Waals surface area contributed by atoms with E-state index in [-0.39, 0.29) is 0 Å². The first-order valence-electron chi connectivity index (χ1n) is 5.08. The molecule has 3 nitrogen and oxygen atoms in total. The molecule has 0 amide bonds. The molecule has 0 aromatic rings. The van der Waals surface area contributed by atoms with Crippen LogP contribution < -0.4 is 0 Å². The van der Waals surface area contributed by atoms with Gasteiger partial charge in [-0.25, -0.2) is 9.79 Å². The Morgan fingerprint density at radius 2 is 2.00 bits per heavy atom. The van der Waals surface area contributed by atoms with Crippen molar-refractivity contribution in [3.05, 3.63) is 0 Å². The molecular weight excluding hydrogens is 210 g/mol. The highest BCUT2D eigenvalue weighted by atomic mass is 28.4. The van der Waals surface area contributed by atoms with Crippen molar-refractivity contribution in [3.63, 3.8) is 0 Å². The predicted molar refractivity (Wildman–Crippen MR) is 64.7 cm³/mol. The van der Waals surface area contributed by atoms with Gasteiger partial charge in [0, 0.05) is 5.73 Å². The Labute approximate surface area is 89.3 Å². The summed E-state index contributed by atoms with van der Waals surface area (Å²) in [6.45, 7) is 11.7. The van der Waals surface area contributed by atoms with Crippen LogP contribution in [0.5, 0.6) is 0 Å². The first kappa shape index (κ1) is 13.8. The maximum absolute atomic E-state index is 9.93. The van der Waals surface area contributed by atoms with Gasteiger partial charge in [-0.1, -0.05) is 13.1 Å². The fourth-order valence-corrected chi connectivity index (χ4v) is 5.38. The van der Waals surface area contributed by atoms with E-state index in [1.165, 1.54) is 0 Å². The van der Waals surface area contributed by atoms with E-state index in [0.717, 1.165) is 6.42 Å². The van der Waals surface area contributed by atoms with Crippen molar-refractivity contribution in [1.29, 1.82) is 0 Å². The van der Waals surface area contributed by atoms with Gasteiger partial charge >= 0.3 is 0 Å². The molecule has 5 heteroatoms. The summed E-state index contributed by atoms with van der Waals surface area (Å²) in [5, 5.41) is 0. The standard InChI is InChI=1S/C9H21NO2Si2/c1-13(2)9(6-7-10-8-11)12-14(3,4)5/h9,13H,6-7H2,1-5H3. The molecule has 0 rings (SSSR count). The number of hydrogen-bond donors (Lipinski definition) is 0. The molecule has 0 aromatic carbocycles. The van der Waals surface area contributed by atoms with Crippen molar-refractivity contribution in [2.45, 2.75) is 44.9 Å². The highest BCUT2D eigenvalue weighted by molar-refractivity contribution is 6.71. The van der Waals surface area contributed by atoms with Crippen LogP contribution >= 0.6 is 0 Å². The Bertz CT molecular complexity index is 207. The lowest BCUT2D eigenvalue weighted by Crippen LogP contribution is -2.39. The summed E-state index contributed by atoms with van der Waals surface area (Å²) in [4.78, 5) is 13.5. The Hall–Kier alpha value is -0.226. The normalized spacial score (nSPS) is 13.9. The van der Waals surface area contributed by atoms with Gasteiger partial charge in [-0.3, -0.25) is 0 Å². The van der Waals surface area contributed by atoms with Crippen LogP contribution in [0, 0.1) is 0 Å². The van der Waals surface area contributed by atoms with Gasteiger partial charge in [0.1, 0.15) is 0 Å². The van der Waals surface area contributed by atoms with Crippen molar-refractivity contribution in [1.82, 2.24) is 0 Å². The summed E-state index contributed by atoms with van der Waals surface area (Å²) >= 11 is 0. The second-order valence-corrected chi connectivity index (χ2v) is 12.5. The third-order valence-electron chi connectivity index (χ3n) is 1.84. The minimum atomic E-state index is -1.45. The number of rotatable bonds is 6. The van der Waals surface area contributed by atoms with Crippen LogP contribution in [-0.2, 0) is 9.22 Å². The minimum absolute atomic E-state index is 0.360. The fraction of sp³-hybridized carbons (Fsp3) is 0.889. The van der Waals surface area contributed by atoms with E-state index in [1.807, 2.05) is 0 Å². The monoisotopic (exact) mass is 231 g/mol. The molecule has 0 spiro atoms. The zero-order valence-corrected chi connectivity index (χ0v) is 12.0. The second kappa shape index (κ2) is 6.29. The third kappa shape index (κ3) is 7.20. The lowest BCUT2D eigenvalue weighted by atomic mass is 10.5. The number of hydrogen-bond acceptors (Lipinski definition) is 3. The minimum Gasteiger partial charge on any atom is -0.418 e. The average molecular weight is 231 g/mol. The summed E-state index contributed by atoms with van der Waals surface area (Å²) in [6, 6.07) is 0. The molecule has 0 saturated carbocycles. The zero-order chi connectivity index (χ0) is 11.2. The Morgan fingerprint density at radius 1 is 1.43 bits per heavy atom. The molecule has 0 aromatic heterocycles. The number of carbonyl (C=O) groups excluding carboxylic acids is 1. The molecule has 0 radical (unpaired) electrons. The van der Waals surface area contributed by atoms with Crippen molar-refractivity contribution in [3.8, 4) is 0 Å².